The summed E-state index contributed by atoms with van der Waals surface area (Å²) in [5, 5.41) is 20.4. The maximum absolute atomic E-state index is 12.1. The maximum Gasteiger partial charge on any atom is 0.317 e. The van der Waals surface area contributed by atoms with Gasteiger partial charge in [0.1, 0.15) is 0 Å². The van der Waals surface area contributed by atoms with E-state index in [1.54, 1.807) is 4.90 Å². The van der Waals surface area contributed by atoms with E-state index in [0.717, 1.165) is 12.8 Å². The van der Waals surface area contributed by atoms with E-state index >= 15 is 0 Å². The van der Waals surface area contributed by atoms with Crippen molar-refractivity contribution in [3.8, 4) is 0 Å². The number of nitrogens with zero attached hydrogens (tertiary/aromatic N) is 1. The van der Waals surface area contributed by atoms with Gasteiger partial charge in [-0.15, -0.1) is 0 Å². The summed E-state index contributed by atoms with van der Waals surface area (Å²) >= 11 is 0. The Kier molecular flexibility index (Phi) is 9.75. The molecule has 20 heavy (non-hydrogen) atoms. The smallest absolute Gasteiger partial charge is 0.317 e. The zero-order valence-electron chi connectivity index (χ0n) is 12.5. The number of carboxylic acids is 1. The maximum atomic E-state index is 12.1. The van der Waals surface area contributed by atoms with Crippen LogP contribution in [0.1, 0.15) is 33.1 Å². The molecular formula is C13H26N2O5. The van der Waals surface area contributed by atoms with Crippen molar-refractivity contribution in [3.63, 3.8) is 0 Å². The van der Waals surface area contributed by atoms with Crippen molar-refractivity contribution in [2.24, 2.45) is 0 Å². The lowest BCUT2D eigenvalue weighted by Crippen LogP contribution is -2.49. The Morgan fingerprint density at radius 3 is 2.30 bits per heavy atom. The number of carbonyl (C=O) groups excluding carboxylic acids is 1. The molecule has 7 heteroatoms. The second-order valence-electron chi connectivity index (χ2n) is 4.53. The number of urea groups is 1. The summed E-state index contributed by atoms with van der Waals surface area (Å²) in [6, 6.07) is -0.247. The second kappa shape index (κ2) is 10.4. The minimum absolute atomic E-state index is 0.0580. The summed E-state index contributed by atoms with van der Waals surface area (Å²) in [5.74, 6) is -0.974. The van der Waals surface area contributed by atoms with Gasteiger partial charge in [0.2, 0.25) is 0 Å². The van der Waals surface area contributed by atoms with E-state index in [9.17, 15) is 9.59 Å². The molecule has 1 atom stereocenters. The highest BCUT2D eigenvalue weighted by molar-refractivity contribution is 5.74. The van der Waals surface area contributed by atoms with Crippen LogP contribution in [0.3, 0.4) is 0 Å². The molecule has 0 aliphatic carbocycles. The van der Waals surface area contributed by atoms with Gasteiger partial charge in [0.05, 0.1) is 19.1 Å². The molecule has 2 amide bonds. The number of aliphatic carboxylic acids is 1. The highest BCUT2D eigenvalue weighted by atomic mass is 16.5. The van der Waals surface area contributed by atoms with Gasteiger partial charge in [-0.1, -0.05) is 13.8 Å². The number of rotatable bonds is 10. The molecule has 0 aromatic heterocycles. The number of hydrogen-bond acceptors (Lipinski definition) is 4. The average molecular weight is 290 g/mol. The van der Waals surface area contributed by atoms with Gasteiger partial charge in [0.25, 0.3) is 0 Å². The lowest BCUT2D eigenvalue weighted by atomic mass is 10.1. The van der Waals surface area contributed by atoms with Gasteiger partial charge in [-0.05, 0) is 12.8 Å². The van der Waals surface area contributed by atoms with E-state index < -0.39 is 12.1 Å². The van der Waals surface area contributed by atoms with Crippen molar-refractivity contribution < 1.29 is 24.5 Å². The third-order valence-corrected chi connectivity index (χ3v) is 3.20. The minimum atomic E-state index is -0.974. The molecule has 0 bridgehead atoms. The van der Waals surface area contributed by atoms with Gasteiger partial charge in [-0.3, -0.25) is 4.79 Å². The standard InChI is InChI=1S/C13H26N2O5/c1-4-10(5-2)15(6-7-16)13(19)14-9-11(20-3)8-12(17)18/h10-11,16H,4-9H2,1-3H3,(H,14,19)(H,17,18). The molecule has 0 aliphatic rings. The van der Waals surface area contributed by atoms with Crippen LogP contribution >= 0.6 is 0 Å². The van der Waals surface area contributed by atoms with Crippen LogP contribution in [0, 0.1) is 0 Å². The molecule has 0 aliphatic heterocycles. The van der Waals surface area contributed by atoms with E-state index in [-0.39, 0.29) is 38.2 Å². The van der Waals surface area contributed by atoms with Gasteiger partial charge < -0.3 is 25.2 Å². The molecule has 3 N–H and O–H groups in total. The number of aliphatic hydroxyl groups is 1. The number of carboxylic acid groups (broad SMARTS) is 1. The SMILES string of the molecule is CCC(CC)N(CCO)C(=O)NCC(CC(=O)O)OC. The Hall–Kier alpha value is -1.34. The Labute approximate surface area is 119 Å². The van der Waals surface area contributed by atoms with Crippen LogP contribution in [0.25, 0.3) is 0 Å². The molecular weight excluding hydrogens is 264 g/mol. The molecule has 118 valence electrons. The highest BCUT2D eigenvalue weighted by Crippen LogP contribution is 2.08. The van der Waals surface area contributed by atoms with Crippen LogP contribution in [-0.4, -0.2) is 66.1 Å². The summed E-state index contributed by atoms with van der Waals surface area (Å²) in [5.41, 5.74) is 0. The van der Waals surface area contributed by atoms with E-state index in [1.807, 2.05) is 13.8 Å². The van der Waals surface area contributed by atoms with Crippen LogP contribution in [-0.2, 0) is 9.53 Å². The van der Waals surface area contributed by atoms with Crippen LogP contribution in [0.15, 0.2) is 0 Å². The third kappa shape index (κ3) is 6.72. The quantitative estimate of drug-likeness (QED) is 0.549. The lowest BCUT2D eigenvalue weighted by molar-refractivity contribution is -0.139. The van der Waals surface area contributed by atoms with Gasteiger partial charge >= 0.3 is 12.0 Å². The summed E-state index contributed by atoms with van der Waals surface area (Å²) in [4.78, 5) is 24.3. The van der Waals surface area contributed by atoms with Crippen LogP contribution in [0.2, 0.25) is 0 Å². The zero-order valence-corrected chi connectivity index (χ0v) is 12.5. The van der Waals surface area contributed by atoms with Gasteiger partial charge in [0, 0.05) is 26.2 Å². The Bertz CT molecular complexity index is 294. The van der Waals surface area contributed by atoms with Gasteiger partial charge in [0.15, 0.2) is 0 Å². The molecule has 0 aromatic carbocycles. The average Bonchev–Trinajstić information content (AvgIpc) is 2.42. The third-order valence-electron chi connectivity index (χ3n) is 3.20. The van der Waals surface area contributed by atoms with E-state index in [4.69, 9.17) is 14.9 Å². The van der Waals surface area contributed by atoms with Crippen molar-refractivity contribution in [1.82, 2.24) is 10.2 Å². The first-order valence-corrected chi connectivity index (χ1v) is 6.89. The summed E-state index contributed by atoms with van der Waals surface area (Å²) in [6.07, 6.45) is 0.871. The van der Waals surface area contributed by atoms with Crippen molar-refractivity contribution in [2.45, 2.75) is 45.3 Å². The molecule has 7 nitrogen and oxygen atoms in total. The Morgan fingerprint density at radius 2 is 1.90 bits per heavy atom. The zero-order chi connectivity index (χ0) is 15.5. The van der Waals surface area contributed by atoms with Crippen molar-refractivity contribution >= 4 is 12.0 Å². The molecule has 0 radical (unpaired) electrons. The molecule has 0 heterocycles. The number of ether oxygens (including phenoxy) is 1. The molecule has 0 fully saturated rings. The fourth-order valence-corrected chi connectivity index (χ4v) is 2.02. The van der Waals surface area contributed by atoms with Gasteiger partial charge in [-0.25, -0.2) is 4.79 Å². The first kappa shape index (κ1) is 18.7. The minimum Gasteiger partial charge on any atom is -0.481 e. The highest BCUT2D eigenvalue weighted by Gasteiger charge is 2.21. The molecule has 0 saturated carbocycles. The Morgan fingerprint density at radius 1 is 1.30 bits per heavy atom. The molecule has 0 aromatic rings. The summed E-state index contributed by atoms with van der Waals surface area (Å²) in [7, 11) is 1.41. The molecule has 0 saturated heterocycles. The fourth-order valence-electron chi connectivity index (χ4n) is 2.02. The lowest BCUT2D eigenvalue weighted by Gasteiger charge is -2.30. The first-order chi connectivity index (χ1) is 9.49. The Balaban J connectivity index is 4.47. The number of methoxy groups -OCH3 is 1. The van der Waals surface area contributed by atoms with Gasteiger partial charge in [-0.2, -0.15) is 0 Å². The predicted octanol–water partition coefficient (Wildman–Crippen LogP) is 0.669. The topological polar surface area (TPSA) is 99.1 Å². The number of aliphatic hydroxyl groups excluding tert-OH is 1. The van der Waals surface area contributed by atoms with E-state index in [0.29, 0.717) is 0 Å². The summed E-state index contributed by atoms with van der Waals surface area (Å²) in [6.45, 7) is 4.24. The predicted molar refractivity (Wildman–Crippen MR) is 74.6 cm³/mol. The molecule has 0 spiro atoms. The second-order valence-corrected chi connectivity index (χ2v) is 4.53. The van der Waals surface area contributed by atoms with Crippen molar-refractivity contribution in [3.05, 3.63) is 0 Å². The molecule has 1 unspecified atom stereocenters. The van der Waals surface area contributed by atoms with E-state index in [2.05, 4.69) is 5.32 Å². The van der Waals surface area contributed by atoms with E-state index in [1.165, 1.54) is 7.11 Å². The first-order valence-electron chi connectivity index (χ1n) is 6.89. The van der Waals surface area contributed by atoms with Crippen LogP contribution in [0.5, 0.6) is 0 Å². The monoisotopic (exact) mass is 290 g/mol. The number of nitrogens with one attached hydrogen (secondary N) is 1. The normalized spacial score (nSPS) is 12.2. The van der Waals surface area contributed by atoms with Crippen LogP contribution < -0.4 is 5.32 Å². The fraction of sp³-hybridized carbons (Fsp3) is 0.846. The summed E-state index contributed by atoms with van der Waals surface area (Å²) < 4.78 is 5.00. The molecule has 0 rings (SSSR count). The largest absolute Gasteiger partial charge is 0.481 e. The van der Waals surface area contributed by atoms with Crippen molar-refractivity contribution in [2.75, 3.05) is 26.8 Å². The number of amides is 2. The van der Waals surface area contributed by atoms with Crippen LogP contribution in [0.4, 0.5) is 4.79 Å². The number of hydrogen-bond donors (Lipinski definition) is 3. The van der Waals surface area contributed by atoms with Crippen molar-refractivity contribution in [1.29, 1.82) is 0 Å². The number of carbonyl (C=O) groups is 2.